The number of thiazole rings is 1. The van der Waals surface area contributed by atoms with E-state index in [4.69, 9.17) is 0 Å². The highest BCUT2D eigenvalue weighted by Gasteiger charge is 2.26. The van der Waals surface area contributed by atoms with Crippen LogP contribution in [0.2, 0.25) is 0 Å². The van der Waals surface area contributed by atoms with E-state index in [0.29, 0.717) is 11.7 Å². The summed E-state index contributed by atoms with van der Waals surface area (Å²) in [6.45, 7) is 3.55. The average Bonchev–Trinajstić information content (AvgIpc) is 2.84. The topological polar surface area (TPSA) is 45.2 Å². The number of aromatic nitrogens is 1. The summed E-state index contributed by atoms with van der Waals surface area (Å²) in [6.07, 6.45) is 1.03. The monoisotopic (exact) mass is 225 g/mol. The second kappa shape index (κ2) is 4.28. The Morgan fingerprint density at radius 1 is 1.73 bits per heavy atom. The van der Waals surface area contributed by atoms with Crippen molar-refractivity contribution in [2.75, 3.05) is 20.1 Å². The van der Waals surface area contributed by atoms with Crippen LogP contribution in [0.4, 0.5) is 0 Å². The first-order valence-corrected chi connectivity index (χ1v) is 5.97. The van der Waals surface area contributed by atoms with E-state index < -0.39 is 0 Å². The lowest BCUT2D eigenvalue weighted by molar-refractivity contribution is 0.0784. The summed E-state index contributed by atoms with van der Waals surface area (Å²) in [6, 6.07) is 0.439. The van der Waals surface area contributed by atoms with Crippen molar-refractivity contribution in [1.82, 2.24) is 15.2 Å². The average molecular weight is 225 g/mol. The van der Waals surface area contributed by atoms with Crippen molar-refractivity contribution >= 4 is 17.2 Å². The minimum atomic E-state index is 0.0668. The molecule has 0 spiro atoms. The Kier molecular flexibility index (Phi) is 3.02. The molecule has 2 rings (SSSR count). The normalized spacial score (nSPS) is 20.9. The first-order chi connectivity index (χ1) is 7.20. The Morgan fingerprint density at radius 2 is 2.53 bits per heavy atom. The summed E-state index contributed by atoms with van der Waals surface area (Å²) in [5.41, 5.74) is 0.592. The third-order valence-electron chi connectivity index (χ3n) is 2.72. The highest BCUT2D eigenvalue weighted by molar-refractivity contribution is 7.09. The molecular weight excluding hydrogens is 210 g/mol. The van der Waals surface area contributed by atoms with Gasteiger partial charge < -0.3 is 10.2 Å². The molecule has 1 amide bonds. The maximum atomic E-state index is 12.0. The number of carbonyl (C=O) groups excluding carboxylic acids is 1. The van der Waals surface area contributed by atoms with Crippen LogP contribution in [0.5, 0.6) is 0 Å². The minimum absolute atomic E-state index is 0.0668. The predicted molar refractivity (Wildman–Crippen MR) is 60.2 cm³/mol. The van der Waals surface area contributed by atoms with E-state index in [0.717, 1.165) is 24.5 Å². The number of nitrogens with zero attached hydrogens (tertiary/aromatic N) is 2. The fraction of sp³-hybridized carbons (Fsp3) is 0.600. The van der Waals surface area contributed by atoms with Crippen LogP contribution in [-0.4, -0.2) is 42.0 Å². The fourth-order valence-electron chi connectivity index (χ4n) is 1.80. The number of nitrogens with one attached hydrogen (secondary N) is 1. The molecule has 0 aromatic carbocycles. The SMILES string of the molecule is CNC1CCN(C(=O)c2csc(C)n2)C1. The van der Waals surface area contributed by atoms with Crippen molar-refractivity contribution in [3.8, 4) is 0 Å². The van der Waals surface area contributed by atoms with Crippen LogP contribution in [0, 0.1) is 6.92 Å². The fourth-order valence-corrected chi connectivity index (χ4v) is 2.39. The molecule has 1 aliphatic rings. The molecule has 5 heteroatoms. The molecule has 0 radical (unpaired) electrons. The first kappa shape index (κ1) is 10.6. The van der Waals surface area contributed by atoms with Crippen LogP contribution in [0.25, 0.3) is 0 Å². The predicted octanol–water partition coefficient (Wildman–Crippen LogP) is 0.885. The van der Waals surface area contributed by atoms with Gasteiger partial charge in [0.15, 0.2) is 0 Å². The number of amides is 1. The summed E-state index contributed by atoms with van der Waals surface area (Å²) in [4.78, 5) is 18.0. The zero-order chi connectivity index (χ0) is 10.8. The molecule has 1 N–H and O–H groups in total. The molecule has 0 aliphatic carbocycles. The van der Waals surface area contributed by atoms with Gasteiger partial charge in [0.05, 0.1) is 5.01 Å². The van der Waals surface area contributed by atoms with E-state index in [1.165, 1.54) is 11.3 Å². The van der Waals surface area contributed by atoms with Crippen molar-refractivity contribution in [2.45, 2.75) is 19.4 Å². The van der Waals surface area contributed by atoms with Gasteiger partial charge in [0.1, 0.15) is 5.69 Å². The van der Waals surface area contributed by atoms with Crippen LogP contribution in [0.15, 0.2) is 5.38 Å². The molecule has 1 atom stereocenters. The number of rotatable bonds is 2. The zero-order valence-electron chi connectivity index (χ0n) is 8.99. The summed E-state index contributed by atoms with van der Waals surface area (Å²) >= 11 is 1.52. The Morgan fingerprint density at radius 3 is 3.07 bits per heavy atom. The standard InChI is InChI=1S/C10H15N3OS/c1-7-12-9(6-15-7)10(14)13-4-3-8(5-13)11-2/h6,8,11H,3-5H2,1-2H3. The van der Waals surface area contributed by atoms with Crippen molar-refractivity contribution in [3.05, 3.63) is 16.1 Å². The Labute approximate surface area is 93.3 Å². The number of likely N-dealkylation sites (tertiary alicyclic amines) is 1. The van der Waals surface area contributed by atoms with E-state index >= 15 is 0 Å². The third kappa shape index (κ3) is 2.18. The Hall–Kier alpha value is -0.940. The lowest BCUT2D eigenvalue weighted by Gasteiger charge is -2.14. The van der Waals surface area contributed by atoms with Gasteiger partial charge in [-0.1, -0.05) is 0 Å². The van der Waals surface area contributed by atoms with Gasteiger partial charge in [-0.05, 0) is 20.4 Å². The molecule has 1 aliphatic heterocycles. The lowest BCUT2D eigenvalue weighted by atomic mass is 10.3. The van der Waals surface area contributed by atoms with Crippen LogP contribution in [0.1, 0.15) is 21.9 Å². The van der Waals surface area contributed by atoms with Gasteiger partial charge in [-0.2, -0.15) is 0 Å². The smallest absolute Gasteiger partial charge is 0.273 e. The van der Waals surface area contributed by atoms with E-state index in [2.05, 4.69) is 10.3 Å². The molecule has 1 fully saturated rings. The quantitative estimate of drug-likeness (QED) is 0.813. The van der Waals surface area contributed by atoms with Crippen LogP contribution in [0.3, 0.4) is 0 Å². The molecule has 0 bridgehead atoms. The van der Waals surface area contributed by atoms with Gasteiger partial charge in [0.25, 0.3) is 5.91 Å². The molecule has 1 saturated heterocycles. The molecular formula is C10H15N3OS. The zero-order valence-corrected chi connectivity index (χ0v) is 9.80. The van der Waals surface area contributed by atoms with E-state index in [1.807, 2.05) is 24.3 Å². The van der Waals surface area contributed by atoms with Gasteiger partial charge >= 0.3 is 0 Å². The minimum Gasteiger partial charge on any atom is -0.336 e. The van der Waals surface area contributed by atoms with Gasteiger partial charge in [-0.25, -0.2) is 4.98 Å². The van der Waals surface area contributed by atoms with Gasteiger partial charge in [0.2, 0.25) is 0 Å². The summed E-state index contributed by atoms with van der Waals surface area (Å²) in [5.74, 6) is 0.0668. The molecule has 1 aromatic heterocycles. The van der Waals surface area contributed by atoms with Crippen molar-refractivity contribution in [3.63, 3.8) is 0 Å². The number of aryl methyl sites for hydroxylation is 1. The van der Waals surface area contributed by atoms with Crippen molar-refractivity contribution < 1.29 is 4.79 Å². The lowest BCUT2D eigenvalue weighted by Crippen LogP contribution is -2.33. The van der Waals surface area contributed by atoms with Crippen molar-refractivity contribution in [1.29, 1.82) is 0 Å². The van der Waals surface area contributed by atoms with Crippen LogP contribution in [-0.2, 0) is 0 Å². The summed E-state index contributed by atoms with van der Waals surface area (Å²) in [5, 5.41) is 5.98. The Balaban J connectivity index is 2.03. The second-order valence-electron chi connectivity index (χ2n) is 3.78. The molecule has 4 nitrogen and oxygen atoms in total. The number of hydrogen-bond donors (Lipinski definition) is 1. The molecule has 2 heterocycles. The van der Waals surface area contributed by atoms with Gasteiger partial charge in [-0.3, -0.25) is 4.79 Å². The first-order valence-electron chi connectivity index (χ1n) is 5.09. The molecule has 1 unspecified atom stereocenters. The van der Waals surface area contributed by atoms with Crippen molar-refractivity contribution in [2.24, 2.45) is 0 Å². The largest absolute Gasteiger partial charge is 0.336 e. The molecule has 82 valence electrons. The number of carbonyl (C=O) groups is 1. The third-order valence-corrected chi connectivity index (χ3v) is 3.50. The highest BCUT2D eigenvalue weighted by atomic mass is 32.1. The summed E-state index contributed by atoms with van der Waals surface area (Å²) in [7, 11) is 1.94. The van der Waals surface area contributed by atoms with E-state index in [1.54, 1.807) is 0 Å². The maximum Gasteiger partial charge on any atom is 0.273 e. The number of likely N-dealkylation sites (N-methyl/N-ethyl adjacent to an activating group) is 1. The van der Waals surface area contributed by atoms with Gasteiger partial charge in [0, 0.05) is 24.5 Å². The maximum absolute atomic E-state index is 12.0. The molecule has 0 saturated carbocycles. The molecule has 15 heavy (non-hydrogen) atoms. The van der Waals surface area contributed by atoms with Crippen LogP contribution >= 0.6 is 11.3 Å². The van der Waals surface area contributed by atoms with E-state index in [9.17, 15) is 4.79 Å². The van der Waals surface area contributed by atoms with E-state index in [-0.39, 0.29) is 5.91 Å². The highest BCUT2D eigenvalue weighted by Crippen LogP contribution is 2.15. The Bertz CT molecular complexity index is 363. The van der Waals surface area contributed by atoms with Crippen LogP contribution < -0.4 is 5.32 Å². The molecule has 1 aromatic rings. The second-order valence-corrected chi connectivity index (χ2v) is 4.84. The number of hydrogen-bond acceptors (Lipinski definition) is 4. The van der Waals surface area contributed by atoms with Gasteiger partial charge in [-0.15, -0.1) is 11.3 Å². The summed E-state index contributed by atoms with van der Waals surface area (Å²) < 4.78 is 0.